The molecule has 0 unspecified atom stereocenters. The summed E-state index contributed by atoms with van der Waals surface area (Å²) >= 11 is 0. The van der Waals surface area contributed by atoms with Crippen molar-refractivity contribution in [3.8, 4) is 0 Å². The number of hydrogen-bond donors (Lipinski definition) is 2. The first-order valence-corrected chi connectivity index (χ1v) is 6.22. The molecule has 0 aliphatic heterocycles. The Morgan fingerprint density at radius 2 is 2.14 bits per heavy atom. The van der Waals surface area contributed by atoms with Crippen LogP contribution in [0.2, 0.25) is 0 Å². The highest BCUT2D eigenvalue weighted by atomic mass is 16.5. The Morgan fingerprint density at radius 3 is 2.90 bits per heavy atom. The first-order valence-electron chi connectivity index (χ1n) is 6.22. The fourth-order valence-corrected chi connectivity index (χ4v) is 1.87. The Morgan fingerprint density at radius 1 is 1.33 bits per heavy atom. The standard InChI is InChI=1S/C14H12N4O3/c1-9(12-7-4-8-21-12)16-17-14-15-11-6-3-2-5-10(11)13(19)18(14)20/h2-8,20H,1H3,(H,15,17)/b16-9+. The number of anilines is 1. The molecular weight excluding hydrogens is 272 g/mol. The molecule has 7 nitrogen and oxygen atoms in total. The van der Waals surface area contributed by atoms with Gasteiger partial charge in [0.15, 0.2) is 0 Å². The summed E-state index contributed by atoms with van der Waals surface area (Å²) in [7, 11) is 0. The first kappa shape index (κ1) is 12.9. The van der Waals surface area contributed by atoms with Gasteiger partial charge in [-0.25, -0.2) is 10.4 Å². The van der Waals surface area contributed by atoms with Crippen LogP contribution < -0.4 is 11.0 Å². The highest BCUT2D eigenvalue weighted by Crippen LogP contribution is 2.10. The molecular formula is C14H12N4O3. The van der Waals surface area contributed by atoms with E-state index in [0.29, 0.717) is 27.1 Å². The van der Waals surface area contributed by atoms with Gasteiger partial charge >= 0.3 is 0 Å². The monoisotopic (exact) mass is 284 g/mol. The van der Waals surface area contributed by atoms with Crippen LogP contribution in [-0.2, 0) is 0 Å². The summed E-state index contributed by atoms with van der Waals surface area (Å²) < 4.78 is 5.62. The Hall–Kier alpha value is -3.09. The van der Waals surface area contributed by atoms with E-state index in [4.69, 9.17) is 4.42 Å². The number of hydrazone groups is 1. The Kier molecular flexibility index (Phi) is 3.15. The van der Waals surface area contributed by atoms with Crippen LogP contribution in [0.1, 0.15) is 12.7 Å². The molecule has 0 atom stereocenters. The minimum absolute atomic E-state index is 0.0652. The molecule has 1 aromatic carbocycles. The third kappa shape index (κ3) is 2.36. The van der Waals surface area contributed by atoms with Crippen molar-refractivity contribution in [2.75, 3.05) is 5.43 Å². The molecule has 0 amide bonds. The van der Waals surface area contributed by atoms with Gasteiger partial charge in [-0.1, -0.05) is 12.1 Å². The molecule has 0 radical (unpaired) electrons. The van der Waals surface area contributed by atoms with E-state index in [1.807, 2.05) is 0 Å². The number of nitrogens with zero attached hydrogens (tertiary/aromatic N) is 3. The first-order chi connectivity index (χ1) is 10.2. The molecule has 0 saturated heterocycles. The van der Waals surface area contributed by atoms with Gasteiger partial charge in [-0.2, -0.15) is 5.10 Å². The maximum atomic E-state index is 12.0. The zero-order valence-corrected chi connectivity index (χ0v) is 11.1. The van der Waals surface area contributed by atoms with E-state index in [-0.39, 0.29) is 5.95 Å². The second-order valence-electron chi connectivity index (χ2n) is 4.36. The molecule has 2 N–H and O–H groups in total. The normalized spacial score (nSPS) is 11.8. The van der Waals surface area contributed by atoms with E-state index in [1.54, 1.807) is 43.3 Å². The summed E-state index contributed by atoms with van der Waals surface area (Å²) in [5, 5.41) is 14.2. The molecule has 2 heterocycles. The summed E-state index contributed by atoms with van der Waals surface area (Å²) in [6.07, 6.45) is 1.53. The summed E-state index contributed by atoms with van der Waals surface area (Å²) in [5.41, 5.74) is 3.03. The summed E-state index contributed by atoms with van der Waals surface area (Å²) in [4.78, 5) is 16.1. The second-order valence-corrected chi connectivity index (χ2v) is 4.36. The maximum absolute atomic E-state index is 12.0. The predicted octanol–water partition coefficient (Wildman–Crippen LogP) is 2.06. The molecule has 0 bridgehead atoms. The molecule has 0 saturated carbocycles. The van der Waals surface area contributed by atoms with E-state index in [9.17, 15) is 10.0 Å². The van der Waals surface area contributed by atoms with Gasteiger partial charge in [0.1, 0.15) is 11.5 Å². The molecule has 7 heteroatoms. The molecule has 0 fully saturated rings. The number of rotatable bonds is 3. The zero-order chi connectivity index (χ0) is 14.8. The molecule has 0 spiro atoms. The SMILES string of the molecule is C/C(=N\Nc1nc2ccccc2c(=O)n1O)c1ccco1. The number of nitrogens with one attached hydrogen (secondary N) is 1. The largest absolute Gasteiger partial charge is 0.463 e. The van der Waals surface area contributed by atoms with Crippen LogP contribution in [0.4, 0.5) is 5.95 Å². The minimum atomic E-state index is -0.561. The molecule has 0 aliphatic carbocycles. The number of furan rings is 1. The van der Waals surface area contributed by atoms with Crippen molar-refractivity contribution in [2.45, 2.75) is 6.92 Å². The van der Waals surface area contributed by atoms with Gasteiger partial charge in [0.05, 0.1) is 17.2 Å². The fraction of sp³-hybridized carbons (Fsp3) is 0.0714. The van der Waals surface area contributed by atoms with E-state index >= 15 is 0 Å². The van der Waals surface area contributed by atoms with Crippen molar-refractivity contribution in [2.24, 2.45) is 5.10 Å². The van der Waals surface area contributed by atoms with Crippen LogP contribution in [0.25, 0.3) is 10.9 Å². The Labute approximate surface area is 119 Å². The van der Waals surface area contributed by atoms with Crippen molar-refractivity contribution < 1.29 is 9.62 Å². The highest BCUT2D eigenvalue weighted by molar-refractivity contribution is 5.96. The van der Waals surface area contributed by atoms with Crippen molar-refractivity contribution >= 4 is 22.6 Å². The molecule has 3 aromatic rings. The third-order valence-corrected chi connectivity index (χ3v) is 2.96. The highest BCUT2D eigenvalue weighted by Gasteiger charge is 2.09. The molecule has 0 aliphatic rings. The van der Waals surface area contributed by atoms with E-state index < -0.39 is 5.56 Å². The van der Waals surface area contributed by atoms with E-state index in [0.717, 1.165) is 0 Å². The second kappa shape index (κ2) is 5.12. The zero-order valence-electron chi connectivity index (χ0n) is 11.1. The average Bonchev–Trinajstić information content (AvgIpc) is 3.03. The lowest BCUT2D eigenvalue weighted by atomic mass is 10.2. The van der Waals surface area contributed by atoms with Gasteiger partial charge in [0, 0.05) is 0 Å². The maximum Gasteiger partial charge on any atom is 0.295 e. The lowest BCUT2D eigenvalue weighted by Gasteiger charge is -2.06. The van der Waals surface area contributed by atoms with Crippen molar-refractivity contribution in [3.63, 3.8) is 0 Å². The minimum Gasteiger partial charge on any atom is -0.463 e. The third-order valence-electron chi connectivity index (χ3n) is 2.96. The average molecular weight is 284 g/mol. The lowest BCUT2D eigenvalue weighted by Crippen LogP contribution is -2.22. The number of hydrogen-bond acceptors (Lipinski definition) is 6. The Balaban J connectivity index is 2.00. The summed E-state index contributed by atoms with van der Waals surface area (Å²) in [6.45, 7) is 1.73. The summed E-state index contributed by atoms with van der Waals surface area (Å²) in [5.74, 6) is 0.514. The van der Waals surface area contributed by atoms with Crippen LogP contribution >= 0.6 is 0 Å². The fourth-order valence-electron chi connectivity index (χ4n) is 1.87. The molecule has 21 heavy (non-hydrogen) atoms. The van der Waals surface area contributed by atoms with Gasteiger partial charge in [0.2, 0.25) is 0 Å². The number of aromatic nitrogens is 2. The van der Waals surface area contributed by atoms with Crippen molar-refractivity contribution in [1.29, 1.82) is 0 Å². The number of benzene rings is 1. The molecule has 106 valence electrons. The van der Waals surface area contributed by atoms with Crippen LogP contribution in [-0.4, -0.2) is 20.6 Å². The van der Waals surface area contributed by atoms with Crippen LogP contribution in [0, 0.1) is 0 Å². The van der Waals surface area contributed by atoms with Crippen LogP contribution in [0.15, 0.2) is 57.0 Å². The van der Waals surface area contributed by atoms with E-state index in [1.165, 1.54) is 6.26 Å². The molecule has 2 aromatic heterocycles. The van der Waals surface area contributed by atoms with Gasteiger partial charge in [-0.05, 0) is 31.2 Å². The van der Waals surface area contributed by atoms with Gasteiger partial charge in [0.25, 0.3) is 11.5 Å². The Bertz CT molecular complexity index is 866. The quantitative estimate of drug-likeness (QED) is 0.436. The predicted molar refractivity (Wildman–Crippen MR) is 77.7 cm³/mol. The smallest absolute Gasteiger partial charge is 0.295 e. The number of fused-ring (bicyclic) bond motifs is 1. The van der Waals surface area contributed by atoms with Crippen LogP contribution in [0.5, 0.6) is 0 Å². The topological polar surface area (TPSA) is 92.7 Å². The van der Waals surface area contributed by atoms with Crippen LogP contribution in [0.3, 0.4) is 0 Å². The van der Waals surface area contributed by atoms with Gasteiger partial charge in [-0.15, -0.1) is 4.73 Å². The van der Waals surface area contributed by atoms with Gasteiger partial charge in [-0.3, -0.25) is 4.79 Å². The number of para-hydroxylation sites is 1. The lowest BCUT2D eigenvalue weighted by molar-refractivity contribution is 0.179. The van der Waals surface area contributed by atoms with Crippen molar-refractivity contribution in [1.82, 2.24) is 9.71 Å². The molecule has 3 rings (SSSR count). The summed E-state index contributed by atoms with van der Waals surface area (Å²) in [6, 6.07) is 10.2. The van der Waals surface area contributed by atoms with Crippen molar-refractivity contribution in [3.05, 3.63) is 58.8 Å². The van der Waals surface area contributed by atoms with E-state index in [2.05, 4.69) is 15.5 Å². The van der Waals surface area contributed by atoms with Gasteiger partial charge < -0.3 is 9.62 Å².